The van der Waals surface area contributed by atoms with Crippen LogP contribution in [-0.4, -0.2) is 22.0 Å². The standard InChI is InChI=1S/C10H14N4O3/c1-4-14(5-6-15)7-8(11)12(2)10(17)13(3)9(7)16/h4,6H,1,5,11H2,2-3H3. The predicted octanol–water partition coefficient (Wildman–Crippen LogP) is -1.18. The molecule has 0 saturated carbocycles. The van der Waals surface area contributed by atoms with Gasteiger partial charge < -0.3 is 15.4 Å². The van der Waals surface area contributed by atoms with E-state index in [0.29, 0.717) is 6.29 Å². The molecule has 0 aromatic carbocycles. The minimum atomic E-state index is -0.563. The molecular formula is C10H14N4O3. The second kappa shape index (κ2) is 4.69. The summed E-state index contributed by atoms with van der Waals surface area (Å²) < 4.78 is 2.06. The van der Waals surface area contributed by atoms with Gasteiger partial charge in [0.2, 0.25) is 0 Å². The first-order valence-electron chi connectivity index (χ1n) is 4.84. The molecule has 0 amide bonds. The lowest BCUT2D eigenvalue weighted by atomic mass is 10.4. The molecule has 0 unspecified atom stereocenters. The van der Waals surface area contributed by atoms with Gasteiger partial charge in [0.1, 0.15) is 17.8 Å². The van der Waals surface area contributed by atoms with E-state index in [1.807, 2.05) is 0 Å². The summed E-state index contributed by atoms with van der Waals surface area (Å²) in [4.78, 5) is 35.3. The molecule has 1 rings (SSSR count). The van der Waals surface area contributed by atoms with Crippen molar-refractivity contribution in [3.05, 3.63) is 33.6 Å². The molecule has 92 valence electrons. The van der Waals surface area contributed by atoms with Crippen molar-refractivity contribution in [3.63, 3.8) is 0 Å². The molecule has 0 radical (unpaired) electrons. The molecule has 0 aliphatic carbocycles. The van der Waals surface area contributed by atoms with E-state index < -0.39 is 11.2 Å². The maximum absolute atomic E-state index is 11.9. The van der Waals surface area contributed by atoms with Crippen molar-refractivity contribution in [1.29, 1.82) is 0 Å². The van der Waals surface area contributed by atoms with Crippen LogP contribution in [0.25, 0.3) is 0 Å². The average molecular weight is 238 g/mol. The first-order valence-corrected chi connectivity index (χ1v) is 4.84. The van der Waals surface area contributed by atoms with Crippen LogP contribution >= 0.6 is 0 Å². The van der Waals surface area contributed by atoms with Crippen molar-refractivity contribution >= 4 is 17.8 Å². The maximum Gasteiger partial charge on any atom is 0.332 e. The van der Waals surface area contributed by atoms with Gasteiger partial charge in [0.05, 0.1) is 6.54 Å². The minimum absolute atomic E-state index is 0.000139. The van der Waals surface area contributed by atoms with Gasteiger partial charge >= 0.3 is 5.69 Å². The lowest BCUT2D eigenvalue weighted by Gasteiger charge is -2.20. The largest absolute Gasteiger partial charge is 0.383 e. The van der Waals surface area contributed by atoms with E-state index in [1.54, 1.807) is 0 Å². The molecule has 0 fully saturated rings. The lowest BCUT2D eigenvalue weighted by molar-refractivity contribution is -0.106. The summed E-state index contributed by atoms with van der Waals surface area (Å²) in [5.74, 6) is -0.000139. The van der Waals surface area contributed by atoms with Crippen LogP contribution < -0.4 is 21.9 Å². The molecule has 1 heterocycles. The molecule has 0 atom stereocenters. The fraction of sp³-hybridized carbons (Fsp3) is 0.300. The Bertz CT molecular complexity index is 570. The van der Waals surface area contributed by atoms with Gasteiger partial charge in [0, 0.05) is 14.1 Å². The molecule has 0 aliphatic heterocycles. The van der Waals surface area contributed by atoms with Gasteiger partial charge in [-0.05, 0) is 6.20 Å². The summed E-state index contributed by atoms with van der Waals surface area (Å²) in [6.07, 6.45) is 1.93. The lowest BCUT2D eigenvalue weighted by Crippen LogP contribution is -2.41. The van der Waals surface area contributed by atoms with Gasteiger partial charge in [-0.15, -0.1) is 0 Å². The third-order valence-corrected chi connectivity index (χ3v) is 2.46. The Morgan fingerprint density at radius 2 is 1.94 bits per heavy atom. The second-order valence-electron chi connectivity index (χ2n) is 3.44. The van der Waals surface area contributed by atoms with Crippen molar-refractivity contribution in [2.45, 2.75) is 0 Å². The number of nitrogens with two attached hydrogens (primary N) is 1. The normalized spacial score (nSPS) is 10.0. The van der Waals surface area contributed by atoms with E-state index in [9.17, 15) is 14.4 Å². The average Bonchev–Trinajstić information content (AvgIpc) is 2.33. The highest BCUT2D eigenvalue weighted by molar-refractivity contribution is 5.69. The molecule has 17 heavy (non-hydrogen) atoms. The third-order valence-electron chi connectivity index (χ3n) is 2.46. The molecule has 7 nitrogen and oxygen atoms in total. The van der Waals surface area contributed by atoms with E-state index >= 15 is 0 Å². The number of rotatable bonds is 4. The predicted molar refractivity (Wildman–Crippen MR) is 64.9 cm³/mol. The zero-order valence-electron chi connectivity index (χ0n) is 9.71. The van der Waals surface area contributed by atoms with E-state index in [2.05, 4.69) is 6.58 Å². The fourth-order valence-electron chi connectivity index (χ4n) is 1.45. The molecule has 0 bridgehead atoms. The van der Waals surface area contributed by atoms with Crippen molar-refractivity contribution in [2.75, 3.05) is 17.2 Å². The van der Waals surface area contributed by atoms with Crippen LogP contribution in [0.5, 0.6) is 0 Å². The number of carbonyl (C=O) groups is 1. The summed E-state index contributed by atoms with van der Waals surface area (Å²) >= 11 is 0. The number of anilines is 2. The Balaban J connectivity index is 3.64. The van der Waals surface area contributed by atoms with E-state index in [4.69, 9.17) is 5.73 Å². The highest BCUT2D eigenvalue weighted by Gasteiger charge is 2.17. The zero-order chi connectivity index (χ0) is 13.2. The van der Waals surface area contributed by atoms with Crippen molar-refractivity contribution in [1.82, 2.24) is 9.13 Å². The summed E-state index contributed by atoms with van der Waals surface area (Å²) in [6.45, 7) is 3.44. The Kier molecular flexibility index (Phi) is 3.52. The summed E-state index contributed by atoms with van der Waals surface area (Å²) in [6, 6.07) is 0. The van der Waals surface area contributed by atoms with Crippen molar-refractivity contribution in [2.24, 2.45) is 14.1 Å². The van der Waals surface area contributed by atoms with Gasteiger partial charge in [-0.1, -0.05) is 6.58 Å². The Morgan fingerprint density at radius 3 is 2.41 bits per heavy atom. The zero-order valence-corrected chi connectivity index (χ0v) is 9.71. The number of nitrogens with zero attached hydrogens (tertiary/aromatic N) is 3. The summed E-state index contributed by atoms with van der Waals surface area (Å²) in [5.41, 5.74) is 4.69. The van der Waals surface area contributed by atoms with E-state index in [0.717, 1.165) is 9.13 Å². The van der Waals surface area contributed by atoms with Crippen molar-refractivity contribution in [3.8, 4) is 0 Å². The smallest absolute Gasteiger partial charge is 0.332 e. The Morgan fingerprint density at radius 1 is 1.35 bits per heavy atom. The Labute approximate surface area is 97.4 Å². The maximum atomic E-state index is 11.9. The second-order valence-corrected chi connectivity index (χ2v) is 3.44. The van der Waals surface area contributed by atoms with Crippen LogP contribution in [0.3, 0.4) is 0 Å². The van der Waals surface area contributed by atoms with Gasteiger partial charge in [0.15, 0.2) is 0 Å². The van der Waals surface area contributed by atoms with Gasteiger partial charge in [0.25, 0.3) is 5.56 Å². The van der Waals surface area contributed by atoms with Crippen LogP contribution in [-0.2, 0) is 18.9 Å². The first-order chi connectivity index (χ1) is 7.95. The van der Waals surface area contributed by atoms with Crippen LogP contribution in [0.4, 0.5) is 11.5 Å². The van der Waals surface area contributed by atoms with Crippen LogP contribution in [0.1, 0.15) is 0 Å². The first kappa shape index (κ1) is 12.8. The van der Waals surface area contributed by atoms with Crippen molar-refractivity contribution < 1.29 is 4.79 Å². The molecule has 0 aliphatic rings. The van der Waals surface area contributed by atoms with Gasteiger partial charge in [-0.3, -0.25) is 13.9 Å². The summed E-state index contributed by atoms with van der Waals surface area (Å²) in [5, 5.41) is 0. The monoisotopic (exact) mass is 238 g/mol. The quantitative estimate of drug-likeness (QED) is 0.666. The minimum Gasteiger partial charge on any atom is -0.383 e. The number of carbonyl (C=O) groups excluding carboxylic acids is 1. The molecule has 1 aromatic heterocycles. The highest BCUT2D eigenvalue weighted by Crippen LogP contribution is 2.15. The molecule has 2 N–H and O–H groups in total. The number of hydrogen-bond acceptors (Lipinski definition) is 5. The van der Waals surface area contributed by atoms with Gasteiger partial charge in [-0.25, -0.2) is 4.79 Å². The van der Waals surface area contributed by atoms with E-state index in [-0.39, 0.29) is 18.1 Å². The fourth-order valence-corrected chi connectivity index (χ4v) is 1.45. The van der Waals surface area contributed by atoms with Gasteiger partial charge in [-0.2, -0.15) is 0 Å². The Hall–Kier alpha value is -2.31. The highest BCUT2D eigenvalue weighted by atomic mass is 16.2. The number of hydrogen-bond donors (Lipinski definition) is 1. The summed E-state index contributed by atoms with van der Waals surface area (Å²) in [7, 11) is 2.79. The third kappa shape index (κ3) is 1.99. The molecule has 0 spiro atoms. The molecular weight excluding hydrogens is 224 g/mol. The van der Waals surface area contributed by atoms with Crippen LogP contribution in [0.15, 0.2) is 22.4 Å². The van der Waals surface area contributed by atoms with E-state index in [1.165, 1.54) is 25.2 Å². The number of aldehydes is 1. The molecule has 1 aromatic rings. The van der Waals surface area contributed by atoms with Crippen LogP contribution in [0.2, 0.25) is 0 Å². The number of aromatic nitrogens is 2. The topological polar surface area (TPSA) is 90.3 Å². The number of nitrogen functional groups attached to an aromatic ring is 1. The van der Waals surface area contributed by atoms with Crippen LogP contribution in [0, 0.1) is 0 Å². The SMILES string of the molecule is C=CN(CC=O)c1c(N)n(C)c(=O)n(C)c1=O. The molecule has 0 saturated heterocycles. The molecule has 7 heteroatoms.